The van der Waals surface area contributed by atoms with Crippen LogP contribution in [0.3, 0.4) is 0 Å². The third kappa shape index (κ3) is 2.93. The highest BCUT2D eigenvalue weighted by Gasteiger charge is 2.27. The summed E-state index contributed by atoms with van der Waals surface area (Å²) in [6.45, 7) is 4.99. The van der Waals surface area contributed by atoms with Crippen molar-refractivity contribution < 1.29 is 4.74 Å². The number of aryl methyl sites for hydroxylation is 5. The molecule has 0 radical (unpaired) electrons. The molecule has 4 heteroatoms. The molecular formula is C24H25N3O. The fourth-order valence-electron chi connectivity index (χ4n) is 4.36. The van der Waals surface area contributed by atoms with E-state index in [4.69, 9.17) is 14.7 Å². The first-order valence-corrected chi connectivity index (χ1v) is 10.2. The van der Waals surface area contributed by atoms with Gasteiger partial charge in [0.1, 0.15) is 17.4 Å². The van der Waals surface area contributed by atoms with Gasteiger partial charge in [-0.05, 0) is 79.8 Å². The van der Waals surface area contributed by atoms with Gasteiger partial charge in [0.15, 0.2) is 0 Å². The molecule has 0 amide bonds. The Kier molecular flexibility index (Phi) is 4.27. The van der Waals surface area contributed by atoms with Crippen LogP contribution in [0.1, 0.15) is 40.7 Å². The molecule has 4 heterocycles. The Balaban J connectivity index is 1.79. The van der Waals surface area contributed by atoms with E-state index in [2.05, 4.69) is 49.1 Å². The van der Waals surface area contributed by atoms with E-state index in [9.17, 15) is 0 Å². The summed E-state index contributed by atoms with van der Waals surface area (Å²) in [5, 5.41) is 0. The van der Waals surface area contributed by atoms with Gasteiger partial charge < -0.3 is 4.74 Å². The van der Waals surface area contributed by atoms with Crippen molar-refractivity contribution in [3.8, 4) is 5.75 Å². The van der Waals surface area contributed by atoms with Crippen LogP contribution >= 0.6 is 0 Å². The van der Waals surface area contributed by atoms with Gasteiger partial charge in [0.25, 0.3) is 0 Å². The topological polar surface area (TPSA) is 38.2 Å². The second-order valence-electron chi connectivity index (χ2n) is 7.90. The van der Waals surface area contributed by atoms with Gasteiger partial charge in [-0.15, -0.1) is 0 Å². The highest BCUT2D eigenvalue weighted by molar-refractivity contribution is 5.81. The van der Waals surface area contributed by atoms with Crippen LogP contribution in [-0.2, 0) is 19.3 Å². The van der Waals surface area contributed by atoms with Crippen molar-refractivity contribution in [3.63, 3.8) is 0 Å². The molecule has 2 aromatic heterocycles. The van der Waals surface area contributed by atoms with Gasteiger partial charge in [-0.1, -0.05) is 24.3 Å². The Hall–Kier alpha value is -2.88. The first-order valence-electron chi connectivity index (χ1n) is 10.2. The van der Waals surface area contributed by atoms with Gasteiger partial charge >= 0.3 is 0 Å². The van der Waals surface area contributed by atoms with Crippen molar-refractivity contribution in [2.24, 2.45) is 0 Å². The summed E-state index contributed by atoms with van der Waals surface area (Å²) in [6.07, 6.45) is 9.17. The minimum atomic E-state index is 0.764. The highest BCUT2D eigenvalue weighted by atomic mass is 16.5. The van der Waals surface area contributed by atoms with Crippen LogP contribution in [0.4, 0.5) is 17.3 Å². The van der Waals surface area contributed by atoms with Gasteiger partial charge in [0.2, 0.25) is 0 Å². The zero-order chi connectivity index (χ0) is 19.1. The maximum absolute atomic E-state index is 6.16. The third-order valence-electron chi connectivity index (χ3n) is 5.63. The molecule has 3 aromatic rings. The summed E-state index contributed by atoms with van der Waals surface area (Å²) >= 11 is 0. The normalized spacial score (nSPS) is 15.6. The Morgan fingerprint density at radius 1 is 0.821 bits per heavy atom. The summed E-state index contributed by atoms with van der Waals surface area (Å²) in [5.41, 5.74) is 7.27. The van der Waals surface area contributed by atoms with Gasteiger partial charge in [-0.25, -0.2) is 9.97 Å². The minimum absolute atomic E-state index is 0.764. The van der Waals surface area contributed by atoms with E-state index in [0.717, 1.165) is 61.8 Å². The van der Waals surface area contributed by atoms with E-state index >= 15 is 0 Å². The third-order valence-corrected chi connectivity index (χ3v) is 5.63. The lowest BCUT2D eigenvalue weighted by molar-refractivity contribution is 0.289. The van der Waals surface area contributed by atoms with E-state index < -0.39 is 0 Å². The molecule has 0 bridgehead atoms. The lowest BCUT2D eigenvalue weighted by Crippen LogP contribution is -2.21. The average molecular weight is 371 g/mol. The van der Waals surface area contributed by atoms with Crippen LogP contribution in [0.5, 0.6) is 5.75 Å². The average Bonchev–Trinajstić information content (AvgIpc) is 2.70. The number of rotatable bonds is 1. The summed E-state index contributed by atoms with van der Waals surface area (Å²) in [5.74, 6) is 2.94. The number of anilines is 3. The van der Waals surface area contributed by atoms with Gasteiger partial charge in [-0.3, -0.25) is 4.90 Å². The summed E-state index contributed by atoms with van der Waals surface area (Å²) in [4.78, 5) is 12.0. The summed E-state index contributed by atoms with van der Waals surface area (Å²) in [7, 11) is 0. The van der Waals surface area contributed by atoms with Crippen LogP contribution in [-0.4, -0.2) is 16.6 Å². The van der Waals surface area contributed by atoms with Crippen molar-refractivity contribution >= 4 is 17.3 Å². The molecule has 0 unspecified atom stereocenters. The van der Waals surface area contributed by atoms with Gasteiger partial charge in [0, 0.05) is 12.4 Å². The smallest absolute Gasteiger partial charge is 0.146 e. The predicted octanol–water partition coefficient (Wildman–Crippen LogP) is 5.38. The first kappa shape index (κ1) is 17.2. The number of fused-ring (bicyclic) bond motifs is 3. The molecule has 0 N–H and O–H groups in total. The molecule has 0 saturated heterocycles. The molecule has 2 aliphatic heterocycles. The Bertz CT molecular complexity index is 991. The van der Waals surface area contributed by atoms with E-state index in [-0.39, 0.29) is 0 Å². The second-order valence-corrected chi connectivity index (χ2v) is 7.90. The molecular weight excluding hydrogens is 346 g/mol. The number of ether oxygens (including phenoxy) is 1. The lowest BCUT2D eigenvalue weighted by atomic mass is 9.98. The van der Waals surface area contributed by atoms with E-state index in [0.29, 0.717) is 0 Å². The molecule has 4 nitrogen and oxygen atoms in total. The lowest BCUT2D eigenvalue weighted by Gasteiger charge is -2.32. The zero-order valence-corrected chi connectivity index (χ0v) is 16.5. The Morgan fingerprint density at radius 3 is 2.14 bits per heavy atom. The van der Waals surface area contributed by atoms with E-state index in [1.54, 1.807) is 0 Å². The summed E-state index contributed by atoms with van der Waals surface area (Å²) < 4.78 is 6.16. The number of para-hydroxylation sites is 1. The number of benzene rings is 1. The van der Waals surface area contributed by atoms with Crippen molar-refractivity contribution in [2.75, 3.05) is 11.5 Å². The first-order chi connectivity index (χ1) is 13.7. The zero-order valence-electron chi connectivity index (χ0n) is 16.5. The van der Waals surface area contributed by atoms with Crippen LogP contribution in [0.15, 0.2) is 42.7 Å². The highest BCUT2D eigenvalue weighted by Crippen LogP contribution is 2.45. The standard InChI is InChI=1S/C24H25N3O/c1-16-12-19-7-3-8-20-13-17(2)15-26-24(20)27(23(19)25-14-16)21-10-4-6-18-9-5-11-28-22(18)21/h4,6,10,12-15H,3,5,7-9,11H2,1-2H3. The van der Waals surface area contributed by atoms with Crippen molar-refractivity contribution in [3.05, 3.63) is 70.5 Å². The molecule has 0 aliphatic carbocycles. The Labute approximate surface area is 166 Å². The molecule has 0 fully saturated rings. The molecule has 2 aliphatic rings. The quantitative estimate of drug-likeness (QED) is 0.576. The predicted molar refractivity (Wildman–Crippen MR) is 112 cm³/mol. The van der Waals surface area contributed by atoms with Crippen LogP contribution < -0.4 is 9.64 Å². The van der Waals surface area contributed by atoms with Gasteiger partial charge in [0.05, 0.1) is 12.3 Å². The molecule has 0 atom stereocenters. The van der Waals surface area contributed by atoms with Gasteiger partial charge in [-0.2, -0.15) is 0 Å². The maximum Gasteiger partial charge on any atom is 0.146 e. The molecule has 142 valence electrons. The van der Waals surface area contributed by atoms with Crippen LogP contribution in [0.2, 0.25) is 0 Å². The Morgan fingerprint density at radius 2 is 1.46 bits per heavy atom. The second kappa shape index (κ2) is 6.93. The molecule has 0 spiro atoms. The maximum atomic E-state index is 6.16. The van der Waals surface area contributed by atoms with Crippen molar-refractivity contribution in [2.45, 2.75) is 46.0 Å². The van der Waals surface area contributed by atoms with Crippen LogP contribution in [0.25, 0.3) is 0 Å². The SMILES string of the molecule is Cc1cnc2c(c1)CCCc1cc(C)cnc1N2c1cccc2c1OCCC2. The van der Waals surface area contributed by atoms with Crippen LogP contribution in [0, 0.1) is 13.8 Å². The molecule has 0 saturated carbocycles. The largest absolute Gasteiger partial charge is 0.491 e. The fourth-order valence-corrected chi connectivity index (χ4v) is 4.36. The molecule has 5 rings (SSSR count). The number of pyridine rings is 2. The number of hydrogen-bond donors (Lipinski definition) is 0. The van der Waals surface area contributed by atoms with Crippen molar-refractivity contribution in [1.29, 1.82) is 0 Å². The number of hydrogen-bond acceptors (Lipinski definition) is 4. The number of aromatic nitrogens is 2. The molecule has 1 aromatic carbocycles. The summed E-state index contributed by atoms with van der Waals surface area (Å²) in [6, 6.07) is 11.0. The monoisotopic (exact) mass is 371 g/mol. The van der Waals surface area contributed by atoms with E-state index in [1.165, 1.54) is 27.8 Å². The fraction of sp³-hybridized carbons (Fsp3) is 0.333. The minimum Gasteiger partial charge on any atom is -0.491 e. The van der Waals surface area contributed by atoms with Crippen molar-refractivity contribution in [1.82, 2.24) is 9.97 Å². The number of nitrogens with zero attached hydrogens (tertiary/aromatic N) is 3. The van der Waals surface area contributed by atoms with E-state index in [1.807, 2.05) is 12.4 Å². The molecule has 28 heavy (non-hydrogen) atoms.